The van der Waals surface area contributed by atoms with Crippen molar-refractivity contribution in [1.82, 2.24) is 4.57 Å². The van der Waals surface area contributed by atoms with Gasteiger partial charge in [0.05, 0.1) is 29.0 Å². The summed E-state index contributed by atoms with van der Waals surface area (Å²) in [5, 5.41) is 3.65. The van der Waals surface area contributed by atoms with E-state index in [-0.39, 0.29) is 11.5 Å². The molecule has 1 amide bonds. The molecular formula is C35H28ClN3O4S. The van der Waals surface area contributed by atoms with E-state index in [1.807, 2.05) is 109 Å². The molecule has 0 aliphatic carbocycles. The lowest BCUT2D eigenvalue weighted by Crippen LogP contribution is -2.40. The van der Waals surface area contributed by atoms with E-state index in [4.69, 9.17) is 26.1 Å². The van der Waals surface area contributed by atoms with Crippen LogP contribution in [0.3, 0.4) is 0 Å². The number of anilines is 1. The molecular weight excluding hydrogens is 594 g/mol. The monoisotopic (exact) mass is 621 g/mol. The van der Waals surface area contributed by atoms with Crippen LogP contribution in [0.4, 0.5) is 5.69 Å². The molecule has 9 heteroatoms. The van der Waals surface area contributed by atoms with Crippen molar-refractivity contribution in [3.8, 4) is 11.5 Å². The molecule has 1 atom stereocenters. The molecule has 0 saturated heterocycles. The molecule has 0 bridgehead atoms. The van der Waals surface area contributed by atoms with Gasteiger partial charge < -0.3 is 14.8 Å². The summed E-state index contributed by atoms with van der Waals surface area (Å²) in [5.74, 6) is 1.01. The van der Waals surface area contributed by atoms with Crippen molar-refractivity contribution in [2.45, 2.75) is 19.6 Å². The van der Waals surface area contributed by atoms with Gasteiger partial charge in [-0.1, -0.05) is 77.5 Å². The first-order valence-corrected chi connectivity index (χ1v) is 15.1. The third kappa shape index (κ3) is 6.22. The summed E-state index contributed by atoms with van der Waals surface area (Å²) in [6.45, 7) is 2.21. The summed E-state index contributed by atoms with van der Waals surface area (Å²) in [7, 11) is 1.59. The fourth-order valence-corrected chi connectivity index (χ4v) is 6.19. The lowest BCUT2D eigenvalue weighted by Gasteiger charge is -2.25. The smallest absolute Gasteiger partial charge is 0.271 e. The van der Waals surface area contributed by atoms with Crippen LogP contribution in [0.25, 0.3) is 6.08 Å². The lowest BCUT2D eigenvalue weighted by molar-refractivity contribution is -0.113. The van der Waals surface area contributed by atoms with Crippen LogP contribution < -0.4 is 29.7 Å². The van der Waals surface area contributed by atoms with E-state index in [9.17, 15) is 9.59 Å². The zero-order valence-electron chi connectivity index (χ0n) is 24.0. The molecule has 220 valence electrons. The number of thiazole rings is 1. The molecule has 2 heterocycles. The number of para-hydroxylation sites is 1. The number of allylic oxidation sites excluding steroid dienone is 1. The Morgan fingerprint density at radius 3 is 2.45 bits per heavy atom. The van der Waals surface area contributed by atoms with Gasteiger partial charge in [0, 0.05) is 10.7 Å². The fourth-order valence-electron chi connectivity index (χ4n) is 5.02. The summed E-state index contributed by atoms with van der Waals surface area (Å²) >= 11 is 7.26. The molecule has 4 aromatic carbocycles. The number of halogens is 1. The van der Waals surface area contributed by atoms with Crippen molar-refractivity contribution in [3.05, 3.63) is 156 Å². The van der Waals surface area contributed by atoms with Gasteiger partial charge in [-0.3, -0.25) is 14.2 Å². The molecule has 1 aliphatic heterocycles. The summed E-state index contributed by atoms with van der Waals surface area (Å²) in [6, 6.07) is 31.0. The highest BCUT2D eigenvalue weighted by molar-refractivity contribution is 7.07. The molecule has 0 saturated carbocycles. The number of fused-ring (bicyclic) bond motifs is 1. The first-order valence-electron chi connectivity index (χ1n) is 13.9. The number of aromatic nitrogens is 1. The molecule has 0 unspecified atom stereocenters. The quantitative estimate of drug-likeness (QED) is 0.227. The van der Waals surface area contributed by atoms with Crippen LogP contribution in [0.1, 0.15) is 29.7 Å². The zero-order valence-corrected chi connectivity index (χ0v) is 25.6. The highest BCUT2D eigenvalue weighted by Crippen LogP contribution is 2.32. The van der Waals surface area contributed by atoms with Crippen LogP contribution in [0.5, 0.6) is 11.5 Å². The maximum atomic E-state index is 14.0. The van der Waals surface area contributed by atoms with Crippen molar-refractivity contribution in [3.63, 3.8) is 0 Å². The highest BCUT2D eigenvalue weighted by atomic mass is 35.5. The number of carbonyl (C=O) groups is 1. The molecule has 6 rings (SSSR count). The summed E-state index contributed by atoms with van der Waals surface area (Å²) in [5.41, 5.74) is 3.95. The van der Waals surface area contributed by atoms with Gasteiger partial charge in [0.1, 0.15) is 18.1 Å². The number of carbonyl (C=O) groups excluding carboxylic acids is 1. The predicted molar refractivity (Wildman–Crippen MR) is 174 cm³/mol. The molecule has 44 heavy (non-hydrogen) atoms. The zero-order chi connectivity index (χ0) is 30.6. The van der Waals surface area contributed by atoms with E-state index in [1.165, 1.54) is 11.3 Å². The molecule has 0 fully saturated rings. The number of benzene rings is 4. The number of nitrogens with zero attached hydrogens (tertiary/aromatic N) is 2. The minimum atomic E-state index is -0.698. The van der Waals surface area contributed by atoms with Gasteiger partial charge in [-0.15, -0.1) is 0 Å². The van der Waals surface area contributed by atoms with Crippen LogP contribution in [-0.2, 0) is 11.4 Å². The van der Waals surface area contributed by atoms with Crippen molar-refractivity contribution in [1.29, 1.82) is 0 Å². The van der Waals surface area contributed by atoms with Gasteiger partial charge in [-0.2, -0.15) is 0 Å². The molecule has 1 aromatic heterocycles. The van der Waals surface area contributed by atoms with Gasteiger partial charge in [0.25, 0.3) is 11.5 Å². The van der Waals surface area contributed by atoms with Crippen molar-refractivity contribution in [2.24, 2.45) is 4.99 Å². The molecule has 1 N–H and O–H groups in total. The minimum Gasteiger partial charge on any atom is -0.497 e. The number of nitrogens with one attached hydrogen (secondary N) is 1. The Labute approximate surface area is 263 Å². The average Bonchev–Trinajstić information content (AvgIpc) is 3.34. The largest absolute Gasteiger partial charge is 0.497 e. The van der Waals surface area contributed by atoms with E-state index in [0.717, 1.165) is 16.7 Å². The molecule has 1 aliphatic rings. The Hall–Kier alpha value is -4.92. The second-order valence-electron chi connectivity index (χ2n) is 10.2. The van der Waals surface area contributed by atoms with E-state index in [1.54, 1.807) is 18.6 Å². The third-order valence-corrected chi connectivity index (χ3v) is 8.44. The van der Waals surface area contributed by atoms with E-state index < -0.39 is 6.04 Å². The van der Waals surface area contributed by atoms with Crippen LogP contribution in [0, 0.1) is 0 Å². The predicted octanol–water partition coefficient (Wildman–Crippen LogP) is 6.11. The average molecular weight is 622 g/mol. The number of rotatable bonds is 8. The number of ether oxygens (including phenoxy) is 2. The van der Waals surface area contributed by atoms with Gasteiger partial charge >= 0.3 is 0 Å². The molecule has 0 radical (unpaired) electrons. The number of hydrogen-bond donors (Lipinski definition) is 1. The van der Waals surface area contributed by atoms with Gasteiger partial charge in [-0.25, -0.2) is 4.99 Å². The molecule has 7 nitrogen and oxygen atoms in total. The van der Waals surface area contributed by atoms with E-state index in [0.29, 0.717) is 49.4 Å². The number of amides is 1. The SMILES string of the molecule is COc1cccc([C@@H]2C(C(=O)Nc3ccccc3)=C(C)N=c3s/c(=C\c4ccc(OCc5ccc(Cl)cc5)cc4)c(=O)n32)c1. The maximum Gasteiger partial charge on any atom is 0.271 e. The van der Waals surface area contributed by atoms with Gasteiger partial charge in [-0.05, 0) is 78.2 Å². The summed E-state index contributed by atoms with van der Waals surface area (Å²) < 4.78 is 13.5. The summed E-state index contributed by atoms with van der Waals surface area (Å²) in [6.07, 6.45) is 1.83. The lowest BCUT2D eigenvalue weighted by atomic mass is 9.95. The van der Waals surface area contributed by atoms with Gasteiger partial charge in [0.2, 0.25) is 0 Å². The van der Waals surface area contributed by atoms with Crippen LogP contribution in [-0.4, -0.2) is 17.6 Å². The van der Waals surface area contributed by atoms with Crippen molar-refractivity contribution < 1.29 is 14.3 Å². The van der Waals surface area contributed by atoms with Crippen molar-refractivity contribution in [2.75, 3.05) is 12.4 Å². The van der Waals surface area contributed by atoms with Crippen molar-refractivity contribution >= 4 is 40.6 Å². The molecule has 0 spiro atoms. The van der Waals surface area contributed by atoms with Gasteiger partial charge in [0.15, 0.2) is 4.80 Å². The highest BCUT2D eigenvalue weighted by Gasteiger charge is 2.32. The Bertz CT molecular complexity index is 2030. The topological polar surface area (TPSA) is 81.9 Å². The first kappa shape index (κ1) is 29.2. The van der Waals surface area contributed by atoms with Crippen LogP contribution in [0.2, 0.25) is 5.02 Å². The molecule has 5 aromatic rings. The fraction of sp³-hybridized carbons (Fsp3) is 0.114. The van der Waals surface area contributed by atoms with Crippen LogP contribution in [0.15, 0.2) is 124 Å². The second-order valence-corrected chi connectivity index (χ2v) is 11.6. The minimum absolute atomic E-state index is 0.234. The standard InChI is InChI=1S/C35H28ClN3O4S/c1-22-31(33(40)38-27-8-4-3-5-9-27)32(25-7-6-10-29(20-25)42-2)39-34(41)30(44-35(39)37-22)19-23-13-17-28(18-14-23)43-21-24-11-15-26(36)16-12-24/h3-20,32H,21H2,1-2H3,(H,38,40)/b30-19-/t32-/m1/s1. The Morgan fingerprint density at radius 2 is 1.73 bits per heavy atom. The second kappa shape index (κ2) is 12.8. The Kier molecular flexibility index (Phi) is 8.45. The normalized spacial score (nSPS) is 14.5. The van der Waals surface area contributed by atoms with Crippen LogP contribution >= 0.6 is 22.9 Å². The number of methoxy groups -OCH3 is 1. The number of hydrogen-bond acceptors (Lipinski definition) is 6. The summed E-state index contributed by atoms with van der Waals surface area (Å²) in [4.78, 5) is 33.0. The Morgan fingerprint density at radius 1 is 0.977 bits per heavy atom. The maximum absolute atomic E-state index is 14.0. The Balaban J connectivity index is 1.35. The van der Waals surface area contributed by atoms with E-state index >= 15 is 0 Å². The third-order valence-electron chi connectivity index (χ3n) is 7.20. The van der Waals surface area contributed by atoms with E-state index in [2.05, 4.69) is 5.32 Å². The first-order chi connectivity index (χ1) is 21.4.